The minimum absolute atomic E-state index is 0.0882. The summed E-state index contributed by atoms with van der Waals surface area (Å²) >= 11 is 5.97. The topological polar surface area (TPSA) is 177 Å². The summed E-state index contributed by atoms with van der Waals surface area (Å²) in [5.74, 6) is -3.39. The van der Waals surface area contributed by atoms with Crippen LogP contribution >= 0.6 is 11.6 Å². The van der Waals surface area contributed by atoms with Gasteiger partial charge in [0.2, 0.25) is 15.9 Å². The maximum atomic E-state index is 13.2. The highest BCUT2D eigenvalue weighted by Gasteiger charge is 2.38. The number of amides is 1. The highest BCUT2D eigenvalue weighted by molar-refractivity contribution is 7.88. The van der Waals surface area contributed by atoms with Crippen LogP contribution in [0.25, 0.3) is 11.1 Å². The summed E-state index contributed by atoms with van der Waals surface area (Å²) < 4.78 is 57.2. The first-order valence-corrected chi connectivity index (χ1v) is 13.9. The highest BCUT2D eigenvalue weighted by Crippen LogP contribution is 2.27. The summed E-state index contributed by atoms with van der Waals surface area (Å²) in [6.07, 6.45) is -3.96. The van der Waals surface area contributed by atoms with Gasteiger partial charge in [0.25, 0.3) is 0 Å². The van der Waals surface area contributed by atoms with Gasteiger partial charge >= 0.3 is 12.1 Å². The third-order valence-corrected chi connectivity index (χ3v) is 7.28. The van der Waals surface area contributed by atoms with Gasteiger partial charge in [-0.3, -0.25) is 10.2 Å². The van der Waals surface area contributed by atoms with Gasteiger partial charge < -0.3 is 16.2 Å². The summed E-state index contributed by atoms with van der Waals surface area (Å²) in [5.41, 5.74) is 9.07. The molecule has 5 N–H and O–H groups in total. The standard InChI is InChI=1S/C25H24ClN5O3S.C2HF3O2/c1-31(35(2,33)34)23(13-16-4-3-5-18(12-16)24(28)29)25(32)30-21-9-6-17(7-10-21)22-11-8-20(26)14-19(22)15-27;3-2(4,5)1(6)7/h3-12,14,23H,13H2,1-2H3,(H3,28,29)(H,30,32);(H,6,7)/t23-;/m0./s1. The van der Waals surface area contributed by atoms with E-state index in [0.29, 0.717) is 33.0 Å². The van der Waals surface area contributed by atoms with Gasteiger partial charge in [-0.1, -0.05) is 48.0 Å². The molecule has 10 nitrogen and oxygen atoms in total. The molecule has 15 heteroatoms. The molecule has 42 heavy (non-hydrogen) atoms. The van der Waals surface area contributed by atoms with Crippen LogP contribution in [-0.2, 0) is 26.0 Å². The van der Waals surface area contributed by atoms with Crippen LogP contribution in [0, 0.1) is 16.7 Å². The SMILES string of the molecule is CN([C@@H](Cc1cccc(C(=N)N)c1)C(=O)Nc1ccc(-c2ccc(Cl)cc2C#N)cc1)S(C)(=O)=O.O=C(O)C(F)(F)F. The first kappa shape index (κ1) is 33.8. The molecule has 0 heterocycles. The zero-order chi connectivity index (χ0) is 31.8. The van der Waals surface area contributed by atoms with Crippen LogP contribution in [0.1, 0.15) is 16.7 Å². The molecular weight excluding hydrogens is 599 g/mol. The second kappa shape index (κ2) is 13.9. The van der Waals surface area contributed by atoms with E-state index in [4.69, 9.17) is 32.6 Å². The van der Waals surface area contributed by atoms with Crippen molar-refractivity contribution in [2.75, 3.05) is 18.6 Å². The normalized spacial score (nSPS) is 12.0. The molecule has 0 fully saturated rings. The Morgan fingerprint density at radius 1 is 1.14 bits per heavy atom. The number of benzene rings is 3. The third kappa shape index (κ3) is 9.58. The Labute approximate surface area is 244 Å². The number of sulfonamides is 1. The maximum Gasteiger partial charge on any atom is 0.490 e. The van der Waals surface area contributed by atoms with E-state index in [1.165, 1.54) is 7.05 Å². The molecule has 0 aliphatic heterocycles. The van der Waals surface area contributed by atoms with Crippen molar-refractivity contribution in [1.29, 1.82) is 10.7 Å². The van der Waals surface area contributed by atoms with Gasteiger partial charge in [0.1, 0.15) is 11.9 Å². The van der Waals surface area contributed by atoms with Crippen molar-refractivity contribution >= 4 is 45.0 Å². The predicted octanol–water partition coefficient (Wildman–Crippen LogP) is 4.24. The Morgan fingerprint density at radius 2 is 1.74 bits per heavy atom. The first-order valence-electron chi connectivity index (χ1n) is 11.7. The quantitative estimate of drug-likeness (QED) is 0.214. The largest absolute Gasteiger partial charge is 0.490 e. The highest BCUT2D eigenvalue weighted by atomic mass is 35.5. The van der Waals surface area contributed by atoms with E-state index < -0.39 is 34.1 Å². The monoisotopic (exact) mass is 623 g/mol. The number of alkyl halides is 3. The Balaban J connectivity index is 0.000000782. The number of nitrogens with zero attached hydrogens (tertiary/aromatic N) is 2. The summed E-state index contributed by atoms with van der Waals surface area (Å²) in [7, 11) is -2.33. The van der Waals surface area contributed by atoms with Crippen molar-refractivity contribution in [2.45, 2.75) is 18.6 Å². The fourth-order valence-corrected chi connectivity index (χ4v) is 4.33. The number of rotatable bonds is 8. The number of aliphatic carboxylic acids is 1. The lowest BCUT2D eigenvalue weighted by Crippen LogP contribution is -2.46. The van der Waals surface area contributed by atoms with Crippen molar-refractivity contribution in [3.8, 4) is 17.2 Å². The van der Waals surface area contributed by atoms with Crippen LogP contribution in [0.5, 0.6) is 0 Å². The van der Waals surface area contributed by atoms with Crippen molar-refractivity contribution in [2.24, 2.45) is 5.73 Å². The Hall–Kier alpha value is -4.45. The van der Waals surface area contributed by atoms with Crippen molar-refractivity contribution < 1.29 is 36.3 Å². The lowest BCUT2D eigenvalue weighted by Gasteiger charge is -2.25. The molecule has 222 valence electrons. The number of hydrogen-bond acceptors (Lipinski definition) is 6. The molecule has 0 aromatic heterocycles. The molecule has 0 radical (unpaired) electrons. The van der Waals surface area contributed by atoms with Gasteiger partial charge in [0.05, 0.1) is 17.9 Å². The van der Waals surface area contributed by atoms with Gasteiger partial charge in [-0.2, -0.15) is 22.7 Å². The lowest BCUT2D eigenvalue weighted by atomic mass is 10.00. The number of carbonyl (C=O) groups is 2. The molecule has 3 aromatic rings. The Kier molecular flexibility index (Phi) is 11.2. The Bertz CT molecular complexity index is 1620. The molecule has 0 bridgehead atoms. The van der Waals surface area contributed by atoms with Gasteiger partial charge in [0, 0.05) is 23.3 Å². The molecule has 0 aliphatic carbocycles. The van der Waals surface area contributed by atoms with E-state index in [2.05, 4.69) is 11.4 Å². The summed E-state index contributed by atoms with van der Waals surface area (Å²) in [5, 5.41) is 27.4. The second-order valence-corrected chi connectivity index (χ2v) is 11.3. The second-order valence-electron chi connectivity index (χ2n) is 8.78. The number of nitrogens with one attached hydrogen (secondary N) is 2. The van der Waals surface area contributed by atoms with E-state index in [-0.39, 0.29) is 12.3 Å². The molecule has 0 saturated carbocycles. The molecular formula is C27H25ClF3N5O5S. The number of halogens is 4. The molecule has 0 unspecified atom stereocenters. The van der Waals surface area contributed by atoms with E-state index in [1.807, 2.05) is 0 Å². The summed E-state index contributed by atoms with van der Waals surface area (Å²) in [6.45, 7) is 0. The zero-order valence-electron chi connectivity index (χ0n) is 22.1. The van der Waals surface area contributed by atoms with Gasteiger partial charge in [-0.25, -0.2) is 13.2 Å². The maximum absolute atomic E-state index is 13.2. The van der Waals surface area contributed by atoms with Crippen molar-refractivity contribution in [1.82, 2.24) is 4.31 Å². The van der Waals surface area contributed by atoms with Crippen molar-refractivity contribution in [3.63, 3.8) is 0 Å². The molecule has 1 atom stereocenters. The fraction of sp³-hybridized carbons (Fsp3) is 0.185. The van der Waals surface area contributed by atoms with Crippen LogP contribution in [-0.4, -0.2) is 61.1 Å². The number of amidine groups is 1. The summed E-state index contributed by atoms with van der Waals surface area (Å²) in [6, 6.07) is 19.8. The molecule has 3 aromatic carbocycles. The number of carboxylic acids is 1. The molecule has 0 spiro atoms. The lowest BCUT2D eigenvalue weighted by molar-refractivity contribution is -0.192. The smallest absolute Gasteiger partial charge is 0.475 e. The van der Waals surface area contributed by atoms with Gasteiger partial charge in [0.15, 0.2) is 0 Å². The molecule has 0 aliphatic rings. The summed E-state index contributed by atoms with van der Waals surface area (Å²) in [4.78, 5) is 22.1. The average Bonchev–Trinajstić information content (AvgIpc) is 2.91. The number of likely N-dealkylation sites (N-methyl/N-ethyl adjacent to an activating group) is 1. The Morgan fingerprint density at radius 3 is 2.24 bits per heavy atom. The number of nitrogen functional groups attached to an aromatic ring is 1. The van der Waals surface area contributed by atoms with Crippen LogP contribution in [0.2, 0.25) is 5.02 Å². The number of nitriles is 1. The zero-order valence-corrected chi connectivity index (χ0v) is 23.7. The number of carboxylic acid groups (broad SMARTS) is 1. The van der Waals surface area contributed by atoms with Crippen LogP contribution in [0.3, 0.4) is 0 Å². The number of anilines is 1. The van der Waals surface area contributed by atoms with Gasteiger partial charge in [-0.15, -0.1) is 0 Å². The average molecular weight is 624 g/mol. The van der Waals surface area contributed by atoms with Gasteiger partial charge in [-0.05, 0) is 53.4 Å². The van der Waals surface area contributed by atoms with Crippen LogP contribution < -0.4 is 11.1 Å². The predicted molar refractivity (Wildman–Crippen MR) is 151 cm³/mol. The van der Waals surface area contributed by atoms with E-state index in [9.17, 15) is 31.6 Å². The van der Waals surface area contributed by atoms with Crippen LogP contribution in [0.4, 0.5) is 18.9 Å². The van der Waals surface area contributed by atoms with Crippen LogP contribution in [0.15, 0.2) is 66.7 Å². The number of nitrogens with two attached hydrogens (primary N) is 1. The third-order valence-electron chi connectivity index (χ3n) is 5.74. The van der Waals surface area contributed by atoms with E-state index >= 15 is 0 Å². The first-order chi connectivity index (χ1) is 19.4. The minimum atomic E-state index is -5.08. The van der Waals surface area contributed by atoms with Crippen molar-refractivity contribution in [3.05, 3.63) is 88.4 Å². The molecule has 0 saturated heterocycles. The van der Waals surface area contributed by atoms with E-state index in [0.717, 1.165) is 16.1 Å². The molecule has 3 rings (SSSR count). The number of carbonyl (C=O) groups excluding carboxylic acids is 1. The number of hydrogen-bond donors (Lipinski definition) is 4. The molecule has 1 amide bonds. The fourth-order valence-electron chi connectivity index (χ4n) is 3.53. The minimum Gasteiger partial charge on any atom is -0.475 e. The van der Waals surface area contributed by atoms with E-state index in [1.54, 1.807) is 66.7 Å².